The summed E-state index contributed by atoms with van der Waals surface area (Å²) in [5, 5.41) is 3.58. The number of hydrogen-bond donors (Lipinski definition) is 1. The monoisotopic (exact) mass is 422 g/mol. The molecule has 1 aliphatic rings. The van der Waals surface area contributed by atoms with E-state index in [0.29, 0.717) is 5.16 Å². The fourth-order valence-corrected chi connectivity index (χ4v) is 4.79. The van der Waals surface area contributed by atoms with Gasteiger partial charge < -0.3 is 14.8 Å². The molecule has 4 rings (SSSR count). The van der Waals surface area contributed by atoms with E-state index in [1.165, 1.54) is 17.3 Å². The maximum absolute atomic E-state index is 13.4. The molecule has 156 valence electrons. The van der Waals surface area contributed by atoms with E-state index in [1.807, 2.05) is 65.8 Å². The molecule has 2 aromatic carbocycles. The van der Waals surface area contributed by atoms with Crippen molar-refractivity contribution < 1.29 is 9.59 Å². The standard InChI is InChI=1S/C23H26N4O2S/c1-15(2)24-21(28)14-30-23-25-18-9-5-7-11-20(18)26(23)13-22(29)27-16(3)12-17-8-4-6-10-19(17)27/h4-11,15-16H,12-14H2,1-3H3,(H,24,28). The summed E-state index contributed by atoms with van der Waals surface area (Å²) < 4.78 is 1.93. The Bertz CT molecular complexity index is 1090. The van der Waals surface area contributed by atoms with E-state index in [-0.39, 0.29) is 36.2 Å². The predicted octanol–water partition coefficient (Wildman–Crippen LogP) is 3.63. The van der Waals surface area contributed by atoms with Crippen LogP contribution in [0.2, 0.25) is 0 Å². The number of nitrogens with one attached hydrogen (secondary N) is 1. The number of thioether (sulfide) groups is 1. The number of rotatable bonds is 6. The first-order valence-corrected chi connectivity index (χ1v) is 11.2. The highest BCUT2D eigenvalue weighted by Crippen LogP contribution is 2.33. The van der Waals surface area contributed by atoms with Crippen molar-refractivity contribution in [2.45, 2.75) is 51.0 Å². The smallest absolute Gasteiger partial charge is 0.247 e. The van der Waals surface area contributed by atoms with Crippen LogP contribution in [0.3, 0.4) is 0 Å². The van der Waals surface area contributed by atoms with Crippen LogP contribution in [0.4, 0.5) is 5.69 Å². The van der Waals surface area contributed by atoms with E-state index < -0.39 is 0 Å². The molecule has 0 saturated carbocycles. The molecule has 6 nitrogen and oxygen atoms in total. The number of anilines is 1. The molecule has 0 radical (unpaired) electrons. The Morgan fingerprint density at radius 2 is 1.90 bits per heavy atom. The maximum atomic E-state index is 13.4. The van der Waals surface area contributed by atoms with Crippen LogP contribution in [-0.4, -0.2) is 39.2 Å². The van der Waals surface area contributed by atoms with Gasteiger partial charge in [-0.15, -0.1) is 0 Å². The zero-order valence-corrected chi connectivity index (χ0v) is 18.3. The maximum Gasteiger partial charge on any atom is 0.247 e. The fraction of sp³-hybridized carbons (Fsp3) is 0.348. The average molecular weight is 423 g/mol. The van der Waals surface area contributed by atoms with Gasteiger partial charge in [-0.1, -0.05) is 42.1 Å². The topological polar surface area (TPSA) is 67.2 Å². The Morgan fingerprint density at radius 1 is 1.17 bits per heavy atom. The first kappa shape index (κ1) is 20.5. The summed E-state index contributed by atoms with van der Waals surface area (Å²) in [6, 6.07) is 16.1. The zero-order chi connectivity index (χ0) is 21.3. The third-order valence-corrected chi connectivity index (χ3v) is 6.15. The van der Waals surface area contributed by atoms with Gasteiger partial charge in [0.25, 0.3) is 0 Å². The summed E-state index contributed by atoms with van der Waals surface area (Å²) in [7, 11) is 0. The largest absolute Gasteiger partial charge is 0.353 e. The van der Waals surface area contributed by atoms with Crippen LogP contribution in [0, 0.1) is 0 Å². The van der Waals surface area contributed by atoms with Crippen LogP contribution < -0.4 is 10.2 Å². The lowest BCUT2D eigenvalue weighted by atomic mass is 10.1. The molecule has 0 saturated heterocycles. The Morgan fingerprint density at radius 3 is 2.70 bits per heavy atom. The molecule has 1 N–H and O–H groups in total. The molecule has 1 atom stereocenters. The predicted molar refractivity (Wildman–Crippen MR) is 121 cm³/mol. The van der Waals surface area contributed by atoms with Gasteiger partial charge in [-0.3, -0.25) is 9.59 Å². The van der Waals surface area contributed by atoms with E-state index in [1.54, 1.807) is 0 Å². The van der Waals surface area contributed by atoms with Crippen LogP contribution >= 0.6 is 11.8 Å². The second-order valence-electron chi connectivity index (χ2n) is 7.93. The van der Waals surface area contributed by atoms with Crippen molar-refractivity contribution in [2.75, 3.05) is 10.7 Å². The van der Waals surface area contributed by atoms with Crippen molar-refractivity contribution in [3.05, 3.63) is 54.1 Å². The van der Waals surface area contributed by atoms with Gasteiger partial charge in [0.05, 0.1) is 16.8 Å². The van der Waals surface area contributed by atoms with Gasteiger partial charge in [0, 0.05) is 17.8 Å². The third-order valence-electron chi connectivity index (χ3n) is 5.17. The summed E-state index contributed by atoms with van der Waals surface area (Å²) in [6.07, 6.45) is 0.865. The third kappa shape index (κ3) is 4.07. The molecular formula is C23H26N4O2S. The summed E-state index contributed by atoms with van der Waals surface area (Å²) in [6.45, 7) is 6.14. The quantitative estimate of drug-likeness (QED) is 0.616. The van der Waals surface area contributed by atoms with Gasteiger partial charge in [0.1, 0.15) is 6.54 Å². The Kier molecular flexibility index (Phi) is 5.81. The van der Waals surface area contributed by atoms with Crippen molar-refractivity contribution in [1.29, 1.82) is 0 Å². The molecule has 1 aliphatic heterocycles. The Hall–Kier alpha value is -2.80. The minimum absolute atomic E-state index is 0.0316. The molecule has 7 heteroatoms. The first-order valence-electron chi connectivity index (χ1n) is 10.2. The van der Waals surface area contributed by atoms with Gasteiger partial charge >= 0.3 is 0 Å². The highest BCUT2D eigenvalue weighted by Gasteiger charge is 2.31. The number of hydrogen-bond acceptors (Lipinski definition) is 4. The first-order chi connectivity index (χ1) is 14.4. The van der Waals surface area contributed by atoms with E-state index in [4.69, 9.17) is 0 Å². The molecule has 0 bridgehead atoms. The minimum atomic E-state index is -0.0398. The van der Waals surface area contributed by atoms with Crippen LogP contribution in [0.15, 0.2) is 53.7 Å². The second kappa shape index (κ2) is 8.52. The van der Waals surface area contributed by atoms with Crippen LogP contribution in [-0.2, 0) is 22.6 Å². The van der Waals surface area contributed by atoms with E-state index in [2.05, 4.69) is 23.3 Å². The van der Waals surface area contributed by atoms with Gasteiger partial charge in [-0.25, -0.2) is 4.98 Å². The molecule has 2 amide bonds. The lowest BCUT2D eigenvalue weighted by Crippen LogP contribution is -2.38. The fourth-order valence-electron chi connectivity index (χ4n) is 3.97. The van der Waals surface area contributed by atoms with Crippen LogP contribution in [0.5, 0.6) is 0 Å². The average Bonchev–Trinajstić information content (AvgIpc) is 3.22. The summed E-state index contributed by atoms with van der Waals surface area (Å²) in [5.41, 5.74) is 3.92. The van der Waals surface area contributed by atoms with Gasteiger partial charge in [0.15, 0.2) is 5.16 Å². The Balaban J connectivity index is 1.60. The molecule has 1 aromatic heterocycles. The van der Waals surface area contributed by atoms with Crippen molar-refractivity contribution in [1.82, 2.24) is 14.9 Å². The lowest BCUT2D eigenvalue weighted by molar-refractivity contribution is -0.120. The number of fused-ring (bicyclic) bond motifs is 2. The van der Waals surface area contributed by atoms with Gasteiger partial charge in [-0.2, -0.15) is 0 Å². The van der Waals surface area contributed by atoms with Crippen molar-refractivity contribution >= 4 is 40.3 Å². The number of imidazole rings is 1. The lowest BCUT2D eigenvalue weighted by Gasteiger charge is -2.23. The van der Waals surface area contributed by atoms with Gasteiger partial charge in [0.2, 0.25) is 11.8 Å². The van der Waals surface area contributed by atoms with E-state index >= 15 is 0 Å². The SMILES string of the molecule is CC(C)NC(=O)CSc1nc2ccccc2n1CC(=O)N1c2ccccc2CC1C. The number of nitrogens with zero attached hydrogens (tertiary/aromatic N) is 3. The van der Waals surface area contributed by atoms with Crippen LogP contribution in [0.1, 0.15) is 26.3 Å². The Labute approximate surface area is 180 Å². The second-order valence-corrected chi connectivity index (χ2v) is 8.87. The van der Waals surface area contributed by atoms with Crippen molar-refractivity contribution in [3.63, 3.8) is 0 Å². The number of carbonyl (C=O) groups excluding carboxylic acids is 2. The summed E-state index contributed by atoms with van der Waals surface area (Å²) in [5.74, 6) is 0.254. The zero-order valence-electron chi connectivity index (χ0n) is 17.5. The van der Waals surface area contributed by atoms with Crippen molar-refractivity contribution in [3.8, 4) is 0 Å². The molecule has 0 aliphatic carbocycles. The molecular weight excluding hydrogens is 396 g/mol. The molecule has 2 heterocycles. The number of amides is 2. The molecule has 30 heavy (non-hydrogen) atoms. The minimum Gasteiger partial charge on any atom is -0.353 e. The number of para-hydroxylation sites is 3. The number of benzene rings is 2. The highest BCUT2D eigenvalue weighted by atomic mass is 32.2. The molecule has 3 aromatic rings. The molecule has 1 unspecified atom stereocenters. The van der Waals surface area contributed by atoms with Crippen LogP contribution in [0.25, 0.3) is 11.0 Å². The molecule has 0 fully saturated rings. The number of carbonyl (C=O) groups is 2. The van der Waals surface area contributed by atoms with Crippen molar-refractivity contribution in [2.24, 2.45) is 0 Å². The van der Waals surface area contributed by atoms with E-state index in [9.17, 15) is 9.59 Å². The summed E-state index contributed by atoms with van der Waals surface area (Å²) >= 11 is 1.36. The van der Waals surface area contributed by atoms with Gasteiger partial charge in [-0.05, 0) is 51.0 Å². The summed E-state index contributed by atoms with van der Waals surface area (Å²) in [4.78, 5) is 32.0. The van der Waals surface area contributed by atoms with E-state index in [0.717, 1.165) is 23.1 Å². The molecule has 0 spiro atoms. The highest BCUT2D eigenvalue weighted by molar-refractivity contribution is 7.99. The number of aromatic nitrogens is 2. The normalized spacial score (nSPS) is 15.6.